The third-order valence-electron chi connectivity index (χ3n) is 4.47. The average Bonchev–Trinajstić information content (AvgIpc) is 3.06. The molecular formula is C19H21FN2O3. The zero-order chi connectivity index (χ0) is 17.8. The third kappa shape index (κ3) is 4.28. The lowest BCUT2D eigenvalue weighted by Gasteiger charge is -2.23. The molecule has 1 unspecified atom stereocenters. The molecule has 1 aliphatic heterocycles. The lowest BCUT2D eigenvalue weighted by molar-refractivity contribution is -0.125. The molecule has 0 radical (unpaired) electrons. The second-order valence-corrected chi connectivity index (χ2v) is 6.30. The van der Waals surface area contributed by atoms with Crippen molar-refractivity contribution in [3.05, 3.63) is 59.4 Å². The van der Waals surface area contributed by atoms with Crippen molar-refractivity contribution >= 4 is 5.91 Å². The van der Waals surface area contributed by atoms with Crippen LogP contribution in [0, 0.1) is 5.82 Å². The van der Waals surface area contributed by atoms with E-state index in [1.165, 1.54) is 24.3 Å². The number of halogens is 1. The van der Waals surface area contributed by atoms with Gasteiger partial charge in [0.2, 0.25) is 5.91 Å². The van der Waals surface area contributed by atoms with Crippen LogP contribution in [-0.4, -0.2) is 33.6 Å². The fraction of sp³-hybridized carbons (Fsp3) is 0.316. The summed E-state index contributed by atoms with van der Waals surface area (Å²) in [5, 5.41) is 21.7. The van der Waals surface area contributed by atoms with Crippen LogP contribution in [0.1, 0.15) is 24.0 Å². The Kier molecular flexibility index (Phi) is 5.19. The summed E-state index contributed by atoms with van der Waals surface area (Å²) >= 11 is 0. The lowest BCUT2D eigenvalue weighted by atomic mass is 10.1. The summed E-state index contributed by atoms with van der Waals surface area (Å²) in [6.45, 7) is 1.72. The maximum Gasteiger partial charge on any atom is 0.237 e. The maximum absolute atomic E-state index is 13.0. The quantitative estimate of drug-likeness (QED) is 0.729. The van der Waals surface area contributed by atoms with Gasteiger partial charge in [0.15, 0.2) is 11.5 Å². The van der Waals surface area contributed by atoms with Crippen LogP contribution in [0.5, 0.6) is 11.5 Å². The summed E-state index contributed by atoms with van der Waals surface area (Å²) in [5.41, 5.74) is 1.69. The summed E-state index contributed by atoms with van der Waals surface area (Å²) in [6, 6.07) is 10.6. The third-order valence-corrected chi connectivity index (χ3v) is 4.47. The second-order valence-electron chi connectivity index (χ2n) is 6.30. The van der Waals surface area contributed by atoms with Crippen LogP contribution in [0.4, 0.5) is 4.39 Å². The second kappa shape index (κ2) is 7.53. The molecule has 1 fully saturated rings. The molecular weight excluding hydrogens is 323 g/mol. The van der Waals surface area contributed by atoms with Crippen molar-refractivity contribution < 1.29 is 19.4 Å². The zero-order valence-corrected chi connectivity index (χ0v) is 13.8. The molecule has 0 aliphatic carbocycles. The average molecular weight is 344 g/mol. The molecule has 132 valence electrons. The Labute approximate surface area is 145 Å². The number of amides is 1. The van der Waals surface area contributed by atoms with Gasteiger partial charge in [0, 0.05) is 13.1 Å². The molecule has 5 nitrogen and oxygen atoms in total. The zero-order valence-electron chi connectivity index (χ0n) is 13.8. The standard InChI is InChI=1S/C19H21FN2O3/c20-15-6-3-13(4-7-15)12-22-9-1-2-16(22)19(25)21-11-14-5-8-17(23)18(24)10-14/h3-8,10,16,23-24H,1-2,9,11-12H2,(H,21,25). The normalized spacial score (nSPS) is 17.6. The maximum atomic E-state index is 13.0. The molecule has 0 aromatic heterocycles. The number of aromatic hydroxyl groups is 2. The Morgan fingerprint density at radius 3 is 2.56 bits per heavy atom. The fourth-order valence-corrected chi connectivity index (χ4v) is 3.12. The summed E-state index contributed by atoms with van der Waals surface area (Å²) in [5.74, 6) is -0.717. The van der Waals surface area contributed by atoms with E-state index < -0.39 is 0 Å². The van der Waals surface area contributed by atoms with E-state index in [1.807, 2.05) is 0 Å². The van der Waals surface area contributed by atoms with E-state index in [9.17, 15) is 19.4 Å². The monoisotopic (exact) mass is 344 g/mol. The molecule has 2 aromatic carbocycles. The fourth-order valence-electron chi connectivity index (χ4n) is 3.12. The van der Waals surface area contributed by atoms with E-state index in [0.29, 0.717) is 12.1 Å². The van der Waals surface area contributed by atoms with Crippen molar-refractivity contribution in [2.75, 3.05) is 6.54 Å². The largest absolute Gasteiger partial charge is 0.504 e. The Balaban J connectivity index is 1.58. The van der Waals surface area contributed by atoms with Crippen molar-refractivity contribution in [2.24, 2.45) is 0 Å². The van der Waals surface area contributed by atoms with Crippen LogP contribution in [0.15, 0.2) is 42.5 Å². The van der Waals surface area contributed by atoms with Crippen molar-refractivity contribution in [3.63, 3.8) is 0 Å². The van der Waals surface area contributed by atoms with Gasteiger partial charge in [-0.3, -0.25) is 9.69 Å². The topological polar surface area (TPSA) is 72.8 Å². The van der Waals surface area contributed by atoms with Gasteiger partial charge in [0.25, 0.3) is 0 Å². The lowest BCUT2D eigenvalue weighted by Crippen LogP contribution is -2.42. The number of nitrogens with one attached hydrogen (secondary N) is 1. The molecule has 0 saturated carbocycles. The molecule has 1 amide bonds. The van der Waals surface area contributed by atoms with Gasteiger partial charge in [0.1, 0.15) is 5.82 Å². The van der Waals surface area contributed by atoms with E-state index in [-0.39, 0.29) is 35.8 Å². The number of phenolic OH excluding ortho intramolecular Hbond substituents is 2. The van der Waals surface area contributed by atoms with Gasteiger partial charge in [-0.15, -0.1) is 0 Å². The van der Waals surface area contributed by atoms with Crippen LogP contribution in [0.2, 0.25) is 0 Å². The number of benzene rings is 2. The van der Waals surface area contributed by atoms with E-state index in [0.717, 1.165) is 24.9 Å². The number of carbonyl (C=O) groups excluding carboxylic acids is 1. The Morgan fingerprint density at radius 2 is 1.84 bits per heavy atom. The van der Waals surface area contributed by atoms with E-state index in [4.69, 9.17) is 0 Å². The first kappa shape index (κ1) is 17.2. The first-order valence-electron chi connectivity index (χ1n) is 8.30. The van der Waals surface area contributed by atoms with Crippen LogP contribution < -0.4 is 5.32 Å². The number of phenols is 2. The van der Waals surface area contributed by atoms with E-state index in [1.54, 1.807) is 18.2 Å². The summed E-state index contributed by atoms with van der Waals surface area (Å²) in [7, 11) is 0. The molecule has 1 saturated heterocycles. The molecule has 1 aliphatic rings. The van der Waals surface area contributed by atoms with Gasteiger partial charge in [-0.05, 0) is 54.8 Å². The number of carbonyl (C=O) groups is 1. The summed E-state index contributed by atoms with van der Waals surface area (Å²) < 4.78 is 13.0. The summed E-state index contributed by atoms with van der Waals surface area (Å²) in [4.78, 5) is 14.6. The van der Waals surface area contributed by atoms with E-state index >= 15 is 0 Å². The van der Waals surface area contributed by atoms with Crippen LogP contribution >= 0.6 is 0 Å². The molecule has 1 atom stereocenters. The first-order valence-corrected chi connectivity index (χ1v) is 8.30. The highest BCUT2D eigenvalue weighted by atomic mass is 19.1. The van der Waals surface area contributed by atoms with Crippen LogP contribution in [0.3, 0.4) is 0 Å². The van der Waals surface area contributed by atoms with Crippen molar-refractivity contribution in [1.29, 1.82) is 0 Å². The molecule has 0 spiro atoms. The minimum absolute atomic E-state index is 0.0628. The van der Waals surface area contributed by atoms with E-state index in [2.05, 4.69) is 10.2 Å². The van der Waals surface area contributed by atoms with Gasteiger partial charge in [0.05, 0.1) is 6.04 Å². The SMILES string of the molecule is O=C(NCc1ccc(O)c(O)c1)C1CCCN1Cc1ccc(F)cc1. The van der Waals surface area contributed by atoms with Gasteiger partial charge in [-0.1, -0.05) is 18.2 Å². The number of rotatable bonds is 5. The minimum Gasteiger partial charge on any atom is -0.504 e. The van der Waals surface area contributed by atoms with Crippen molar-refractivity contribution in [2.45, 2.75) is 32.0 Å². The number of hydrogen-bond donors (Lipinski definition) is 3. The first-order chi connectivity index (χ1) is 12.0. The summed E-state index contributed by atoms with van der Waals surface area (Å²) in [6.07, 6.45) is 1.73. The molecule has 25 heavy (non-hydrogen) atoms. The Hall–Kier alpha value is -2.60. The Bertz CT molecular complexity index is 749. The molecule has 3 rings (SSSR count). The van der Waals surface area contributed by atoms with Crippen LogP contribution in [0.25, 0.3) is 0 Å². The molecule has 1 heterocycles. The van der Waals surface area contributed by atoms with Crippen LogP contribution in [-0.2, 0) is 17.9 Å². The van der Waals surface area contributed by atoms with Gasteiger partial charge >= 0.3 is 0 Å². The number of nitrogens with zero attached hydrogens (tertiary/aromatic N) is 1. The minimum atomic E-state index is -0.267. The predicted octanol–water partition coefficient (Wildman–Crippen LogP) is 2.52. The smallest absolute Gasteiger partial charge is 0.237 e. The predicted molar refractivity (Wildman–Crippen MR) is 91.5 cm³/mol. The van der Waals surface area contributed by atoms with Gasteiger partial charge < -0.3 is 15.5 Å². The highest BCUT2D eigenvalue weighted by Crippen LogP contribution is 2.25. The number of hydrogen-bond acceptors (Lipinski definition) is 4. The molecule has 3 N–H and O–H groups in total. The highest BCUT2D eigenvalue weighted by molar-refractivity contribution is 5.82. The van der Waals surface area contributed by atoms with Gasteiger partial charge in [-0.2, -0.15) is 0 Å². The number of likely N-dealkylation sites (tertiary alicyclic amines) is 1. The van der Waals surface area contributed by atoms with Crippen molar-refractivity contribution in [3.8, 4) is 11.5 Å². The van der Waals surface area contributed by atoms with Gasteiger partial charge in [-0.25, -0.2) is 4.39 Å². The highest BCUT2D eigenvalue weighted by Gasteiger charge is 2.30. The van der Waals surface area contributed by atoms with Crippen molar-refractivity contribution in [1.82, 2.24) is 10.2 Å². The Morgan fingerprint density at radius 1 is 1.12 bits per heavy atom. The molecule has 6 heteroatoms. The molecule has 0 bridgehead atoms. The molecule has 2 aromatic rings.